The van der Waals surface area contributed by atoms with E-state index >= 15 is 0 Å². The molecule has 4 nitrogen and oxygen atoms in total. The lowest BCUT2D eigenvalue weighted by molar-refractivity contribution is 0.263. The summed E-state index contributed by atoms with van der Waals surface area (Å²) in [6.45, 7) is 8.05. The first kappa shape index (κ1) is 17.6. The summed E-state index contributed by atoms with van der Waals surface area (Å²) in [5, 5.41) is 3.34. The molecule has 120 valence electrons. The fourth-order valence-corrected chi connectivity index (χ4v) is 2.03. The Balaban J connectivity index is 2.30. The highest BCUT2D eigenvalue weighted by Gasteiger charge is 2.05. The molecule has 1 aromatic heterocycles. The van der Waals surface area contributed by atoms with Crippen LogP contribution < -0.4 is 15.8 Å². The Morgan fingerprint density at radius 3 is 2.57 bits per heavy atom. The average molecular weight is 293 g/mol. The number of hydrogen-bond acceptors (Lipinski definition) is 4. The molecule has 0 radical (unpaired) electrons. The van der Waals surface area contributed by atoms with Gasteiger partial charge in [-0.3, -0.25) is 0 Å². The van der Waals surface area contributed by atoms with E-state index in [9.17, 15) is 0 Å². The van der Waals surface area contributed by atoms with Crippen LogP contribution in [0.1, 0.15) is 59.3 Å². The summed E-state index contributed by atoms with van der Waals surface area (Å²) >= 11 is 0. The van der Waals surface area contributed by atoms with Gasteiger partial charge in [0.05, 0.1) is 12.3 Å². The second-order valence-corrected chi connectivity index (χ2v) is 5.99. The molecule has 0 aromatic carbocycles. The molecule has 1 rings (SSSR count). The standard InChI is InChI=1S/C17H31N3O/c1-4-5-6-7-8-9-12-19-16-11-10-15(18)17(20-16)21-13-14(2)3/h10-11,14H,4-9,12-13,18H2,1-3H3,(H,19,20). The monoisotopic (exact) mass is 293 g/mol. The Kier molecular flexibility index (Phi) is 8.63. The lowest BCUT2D eigenvalue weighted by Crippen LogP contribution is -2.09. The van der Waals surface area contributed by atoms with Crippen LogP contribution in [-0.2, 0) is 0 Å². The van der Waals surface area contributed by atoms with Crippen LogP contribution in [0.2, 0.25) is 0 Å². The van der Waals surface area contributed by atoms with Crippen molar-refractivity contribution in [1.82, 2.24) is 4.98 Å². The number of hydrogen-bond donors (Lipinski definition) is 2. The summed E-state index contributed by atoms with van der Waals surface area (Å²) in [5.74, 6) is 1.85. The highest BCUT2D eigenvalue weighted by molar-refractivity contribution is 5.53. The minimum atomic E-state index is 0.464. The number of nitrogens with one attached hydrogen (secondary N) is 1. The fraction of sp³-hybridized carbons (Fsp3) is 0.706. The van der Waals surface area contributed by atoms with Gasteiger partial charge in [-0.15, -0.1) is 0 Å². The molecule has 21 heavy (non-hydrogen) atoms. The molecule has 0 aliphatic carbocycles. The van der Waals surface area contributed by atoms with Gasteiger partial charge in [-0.1, -0.05) is 52.9 Å². The van der Waals surface area contributed by atoms with Crippen molar-refractivity contribution in [3.05, 3.63) is 12.1 Å². The van der Waals surface area contributed by atoms with E-state index in [4.69, 9.17) is 10.5 Å². The van der Waals surface area contributed by atoms with Gasteiger partial charge in [0.15, 0.2) is 0 Å². The third kappa shape index (κ3) is 7.78. The predicted octanol–water partition coefficient (Wildman–Crippen LogP) is 4.47. The van der Waals surface area contributed by atoms with Gasteiger partial charge in [-0.25, -0.2) is 0 Å². The Morgan fingerprint density at radius 2 is 1.86 bits per heavy atom. The summed E-state index contributed by atoms with van der Waals surface area (Å²) < 4.78 is 5.63. The van der Waals surface area contributed by atoms with Gasteiger partial charge in [0.1, 0.15) is 5.82 Å². The third-order valence-corrected chi connectivity index (χ3v) is 3.28. The van der Waals surface area contributed by atoms with Gasteiger partial charge in [0, 0.05) is 6.54 Å². The van der Waals surface area contributed by atoms with Gasteiger partial charge < -0.3 is 15.8 Å². The van der Waals surface area contributed by atoms with Crippen molar-refractivity contribution in [1.29, 1.82) is 0 Å². The lowest BCUT2D eigenvalue weighted by atomic mass is 10.1. The third-order valence-electron chi connectivity index (χ3n) is 3.28. The van der Waals surface area contributed by atoms with E-state index < -0.39 is 0 Å². The molecule has 0 saturated heterocycles. The minimum Gasteiger partial charge on any atom is -0.476 e. The van der Waals surface area contributed by atoms with E-state index in [-0.39, 0.29) is 0 Å². The number of nitrogen functional groups attached to an aromatic ring is 1. The Labute approximate surface area is 129 Å². The van der Waals surface area contributed by atoms with E-state index in [2.05, 4.69) is 31.1 Å². The fourth-order valence-electron chi connectivity index (χ4n) is 2.03. The molecule has 0 amide bonds. The topological polar surface area (TPSA) is 60.2 Å². The van der Waals surface area contributed by atoms with E-state index in [1.165, 1.54) is 38.5 Å². The summed E-state index contributed by atoms with van der Waals surface area (Å²) in [6, 6.07) is 3.76. The van der Waals surface area contributed by atoms with E-state index in [1.807, 2.05) is 12.1 Å². The van der Waals surface area contributed by atoms with Gasteiger partial charge >= 0.3 is 0 Å². The minimum absolute atomic E-state index is 0.464. The van der Waals surface area contributed by atoms with Crippen molar-refractivity contribution < 1.29 is 4.74 Å². The summed E-state index contributed by atoms with van der Waals surface area (Å²) in [4.78, 5) is 4.43. The van der Waals surface area contributed by atoms with Crippen LogP contribution >= 0.6 is 0 Å². The first-order chi connectivity index (χ1) is 10.1. The van der Waals surface area contributed by atoms with Crippen molar-refractivity contribution in [2.45, 2.75) is 59.3 Å². The first-order valence-corrected chi connectivity index (χ1v) is 8.26. The highest BCUT2D eigenvalue weighted by Crippen LogP contribution is 2.21. The Bertz CT molecular complexity index is 394. The zero-order chi connectivity index (χ0) is 15.5. The van der Waals surface area contributed by atoms with Crippen LogP contribution in [0.3, 0.4) is 0 Å². The highest BCUT2D eigenvalue weighted by atomic mass is 16.5. The van der Waals surface area contributed by atoms with Crippen molar-refractivity contribution in [2.24, 2.45) is 5.92 Å². The quantitative estimate of drug-likeness (QED) is 0.591. The van der Waals surface area contributed by atoms with Crippen molar-refractivity contribution in [2.75, 3.05) is 24.2 Å². The maximum atomic E-state index is 5.88. The molecular formula is C17H31N3O. The number of rotatable bonds is 11. The SMILES string of the molecule is CCCCCCCCNc1ccc(N)c(OCC(C)C)n1. The Hall–Kier alpha value is -1.45. The van der Waals surface area contributed by atoms with Gasteiger partial charge in [-0.05, 0) is 24.5 Å². The number of aromatic nitrogens is 1. The van der Waals surface area contributed by atoms with Crippen molar-refractivity contribution >= 4 is 11.5 Å². The van der Waals surface area contributed by atoms with Crippen LogP contribution in [0.25, 0.3) is 0 Å². The van der Waals surface area contributed by atoms with Gasteiger partial charge in [0.25, 0.3) is 0 Å². The van der Waals surface area contributed by atoms with Crippen LogP contribution in [0.15, 0.2) is 12.1 Å². The molecule has 0 bridgehead atoms. The number of nitrogens with two attached hydrogens (primary N) is 1. The van der Waals surface area contributed by atoms with Crippen LogP contribution in [-0.4, -0.2) is 18.1 Å². The molecule has 0 aliphatic heterocycles. The maximum absolute atomic E-state index is 5.88. The van der Waals surface area contributed by atoms with Crippen LogP contribution in [0.4, 0.5) is 11.5 Å². The normalized spacial score (nSPS) is 10.9. The molecule has 0 aliphatic rings. The summed E-state index contributed by atoms with van der Waals surface area (Å²) in [5.41, 5.74) is 6.48. The molecule has 0 saturated carbocycles. The first-order valence-electron chi connectivity index (χ1n) is 8.26. The van der Waals surface area contributed by atoms with Gasteiger partial charge in [-0.2, -0.15) is 4.98 Å². The van der Waals surface area contributed by atoms with E-state index in [0.29, 0.717) is 24.1 Å². The van der Waals surface area contributed by atoms with Crippen molar-refractivity contribution in [3.63, 3.8) is 0 Å². The largest absolute Gasteiger partial charge is 0.476 e. The zero-order valence-corrected chi connectivity index (χ0v) is 13.8. The lowest BCUT2D eigenvalue weighted by Gasteiger charge is -2.12. The number of anilines is 2. The number of ether oxygens (including phenoxy) is 1. The summed E-state index contributed by atoms with van der Waals surface area (Å²) in [7, 11) is 0. The second-order valence-electron chi connectivity index (χ2n) is 5.99. The number of unbranched alkanes of at least 4 members (excludes halogenated alkanes) is 5. The molecule has 4 heteroatoms. The van der Waals surface area contributed by atoms with Gasteiger partial charge in [0.2, 0.25) is 5.88 Å². The molecular weight excluding hydrogens is 262 g/mol. The van der Waals surface area contributed by atoms with E-state index in [0.717, 1.165) is 12.4 Å². The molecule has 0 fully saturated rings. The molecule has 3 N–H and O–H groups in total. The summed E-state index contributed by atoms with van der Waals surface area (Å²) in [6.07, 6.45) is 7.78. The van der Waals surface area contributed by atoms with Crippen LogP contribution in [0.5, 0.6) is 5.88 Å². The molecule has 0 unspecified atom stereocenters. The molecule has 1 aromatic rings. The zero-order valence-electron chi connectivity index (χ0n) is 13.8. The number of nitrogens with zero attached hydrogens (tertiary/aromatic N) is 1. The predicted molar refractivity (Wildman–Crippen MR) is 90.8 cm³/mol. The smallest absolute Gasteiger partial charge is 0.239 e. The van der Waals surface area contributed by atoms with Crippen molar-refractivity contribution in [3.8, 4) is 5.88 Å². The number of pyridine rings is 1. The molecule has 0 spiro atoms. The maximum Gasteiger partial charge on any atom is 0.239 e. The van der Waals surface area contributed by atoms with E-state index in [1.54, 1.807) is 0 Å². The molecule has 1 heterocycles. The second kappa shape index (κ2) is 10.3. The average Bonchev–Trinajstić information content (AvgIpc) is 2.46. The molecule has 0 atom stereocenters. The Morgan fingerprint density at radius 1 is 1.14 bits per heavy atom. The van der Waals surface area contributed by atoms with Crippen LogP contribution in [0, 0.1) is 5.92 Å².